The van der Waals surface area contributed by atoms with Gasteiger partial charge in [0.05, 0.1) is 6.42 Å². The van der Waals surface area contributed by atoms with E-state index in [1.54, 1.807) is 31.2 Å². The molecule has 62 valence electrons. The van der Waals surface area contributed by atoms with Crippen molar-refractivity contribution in [1.29, 1.82) is 0 Å². The highest BCUT2D eigenvalue weighted by Crippen LogP contribution is 1.79. The molecule has 1 N–H and O–H groups in total. The van der Waals surface area contributed by atoms with E-state index in [9.17, 15) is 4.79 Å². The fourth-order valence-electron chi connectivity index (χ4n) is 0.219. The van der Waals surface area contributed by atoms with Gasteiger partial charge in [-0.3, -0.25) is 4.79 Å². The molecule has 0 saturated heterocycles. The molecule has 0 saturated carbocycles. The minimum Gasteiger partial charge on any atom is -0.481 e. The minimum absolute atomic E-state index is 0.135. The van der Waals surface area contributed by atoms with Gasteiger partial charge in [-0.15, -0.1) is 0 Å². The van der Waals surface area contributed by atoms with E-state index < -0.39 is 5.97 Å². The zero-order valence-electron chi connectivity index (χ0n) is 6.79. The Bertz CT molecular complexity index is 140. The molecule has 0 aliphatic heterocycles. The van der Waals surface area contributed by atoms with Crippen LogP contribution in [0, 0.1) is 0 Å². The third-order valence-corrected chi connectivity index (χ3v) is 0.695. The molecule has 0 spiro atoms. The van der Waals surface area contributed by atoms with Gasteiger partial charge in [-0.1, -0.05) is 37.5 Å². The molecule has 0 aromatic carbocycles. The Labute approximate surface area is 67.6 Å². The predicted molar refractivity (Wildman–Crippen MR) is 47.5 cm³/mol. The molecule has 0 rings (SSSR count). The zero-order chi connectivity index (χ0) is 9.11. The van der Waals surface area contributed by atoms with E-state index in [-0.39, 0.29) is 6.42 Å². The quantitative estimate of drug-likeness (QED) is 0.500. The van der Waals surface area contributed by atoms with E-state index in [0.717, 1.165) is 0 Å². The molecule has 0 fully saturated rings. The number of hydrogen-bond donors (Lipinski definition) is 1. The van der Waals surface area contributed by atoms with Gasteiger partial charge in [-0.25, -0.2) is 0 Å². The molecule has 0 amide bonds. The van der Waals surface area contributed by atoms with Crippen LogP contribution < -0.4 is 0 Å². The van der Waals surface area contributed by atoms with Crippen LogP contribution in [-0.2, 0) is 4.79 Å². The Balaban J connectivity index is 0. The Kier molecular flexibility index (Phi) is 12.9. The largest absolute Gasteiger partial charge is 0.481 e. The fraction of sp³-hybridized carbons (Fsp3) is 0.222. The van der Waals surface area contributed by atoms with Gasteiger partial charge in [-0.2, -0.15) is 0 Å². The standard InChI is InChI=1S/C5H8O2.C4H6/c1-2-3-4-5(6)7;1-3-4-2/h2-3H,4H2,1H3,(H,6,7);3-4H,1-2H2. The molecule has 0 aromatic rings. The summed E-state index contributed by atoms with van der Waals surface area (Å²) in [5.41, 5.74) is 0. The monoisotopic (exact) mass is 154 g/mol. The Morgan fingerprint density at radius 3 is 2.00 bits per heavy atom. The molecule has 0 aromatic heterocycles. The molecule has 0 atom stereocenters. The first-order valence-electron chi connectivity index (χ1n) is 3.25. The lowest BCUT2D eigenvalue weighted by Gasteiger charge is -1.77. The zero-order valence-corrected chi connectivity index (χ0v) is 6.79. The lowest BCUT2D eigenvalue weighted by molar-refractivity contribution is -0.136. The van der Waals surface area contributed by atoms with Crippen LogP contribution in [0.4, 0.5) is 0 Å². The highest BCUT2D eigenvalue weighted by Gasteiger charge is 1.85. The molecule has 0 aliphatic carbocycles. The maximum atomic E-state index is 9.71. The summed E-state index contributed by atoms with van der Waals surface area (Å²) in [5.74, 6) is -0.780. The van der Waals surface area contributed by atoms with Gasteiger partial charge in [-0.05, 0) is 6.92 Å². The number of carboxylic acids is 1. The van der Waals surface area contributed by atoms with Crippen molar-refractivity contribution in [3.63, 3.8) is 0 Å². The predicted octanol–water partition coefficient (Wildman–Crippen LogP) is 2.40. The van der Waals surface area contributed by atoms with Crippen molar-refractivity contribution in [3.8, 4) is 0 Å². The molecule has 0 bridgehead atoms. The summed E-state index contributed by atoms with van der Waals surface area (Å²) in [7, 11) is 0. The van der Waals surface area contributed by atoms with Crippen molar-refractivity contribution in [1.82, 2.24) is 0 Å². The molecule has 2 heteroatoms. The van der Waals surface area contributed by atoms with E-state index in [2.05, 4.69) is 13.2 Å². The maximum absolute atomic E-state index is 9.71. The molecule has 0 aliphatic rings. The Morgan fingerprint density at radius 2 is 1.91 bits per heavy atom. The minimum atomic E-state index is -0.780. The molecule has 0 unspecified atom stereocenters. The number of aliphatic carboxylic acids is 1. The van der Waals surface area contributed by atoms with Crippen LogP contribution in [0.25, 0.3) is 0 Å². The van der Waals surface area contributed by atoms with Crippen molar-refractivity contribution >= 4 is 5.97 Å². The lowest BCUT2D eigenvalue weighted by Crippen LogP contribution is -1.88. The van der Waals surface area contributed by atoms with E-state index >= 15 is 0 Å². The van der Waals surface area contributed by atoms with Crippen LogP contribution in [0.2, 0.25) is 0 Å². The van der Waals surface area contributed by atoms with E-state index in [4.69, 9.17) is 5.11 Å². The van der Waals surface area contributed by atoms with Crippen molar-refractivity contribution in [2.24, 2.45) is 0 Å². The van der Waals surface area contributed by atoms with Gasteiger partial charge in [0.25, 0.3) is 0 Å². The number of hydrogen-bond acceptors (Lipinski definition) is 1. The lowest BCUT2D eigenvalue weighted by atomic mass is 10.4. The van der Waals surface area contributed by atoms with Gasteiger partial charge >= 0.3 is 5.97 Å². The van der Waals surface area contributed by atoms with Crippen molar-refractivity contribution in [2.75, 3.05) is 0 Å². The Hall–Kier alpha value is -1.31. The molecular weight excluding hydrogens is 140 g/mol. The average molecular weight is 154 g/mol. The highest BCUT2D eigenvalue weighted by molar-refractivity contribution is 5.68. The van der Waals surface area contributed by atoms with E-state index in [1.807, 2.05) is 0 Å². The van der Waals surface area contributed by atoms with Gasteiger partial charge in [0.1, 0.15) is 0 Å². The van der Waals surface area contributed by atoms with Crippen LogP contribution in [0.5, 0.6) is 0 Å². The highest BCUT2D eigenvalue weighted by atomic mass is 16.4. The first kappa shape index (κ1) is 12.4. The SMILES string of the molecule is C=CC=C.CC=CCC(=O)O. The first-order chi connectivity index (χ1) is 5.18. The molecule has 11 heavy (non-hydrogen) atoms. The van der Waals surface area contributed by atoms with Gasteiger partial charge in [0.15, 0.2) is 0 Å². The van der Waals surface area contributed by atoms with Crippen LogP contribution in [0.15, 0.2) is 37.5 Å². The normalized spacial score (nSPS) is 8.09. The fourth-order valence-corrected chi connectivity index (χ4v) is 0.219. The number of carbonyl (C=O) groups is 1. The van der Waals surface area contributed by atoms with Gasteiger partial charge in [0.2, 0.25) is 0 Å². The van der Waals surface area contributed by atoms with Crippen LogP contribution >= 0.6 is 0 Å². The third-order valence-electron chi connectivity index (χ3n) is 0.695. The smallest absolute Gasteiger partial charge is 0.307 e. The maximum Gasteiger partial charge on any atom is 0.307 e. The van der Waals surface area contributed by atoms with Crippen LogP contribution in [-0.4, -0.2) is 11.1 Å². The number of rotatable bonds is 3. The second-order valence-corrected chi connectivity index (χ2v) is 1.64. The topological polar surface area (TPSA) is 37.3 Å². The van der Waals surface area contributed by atoms with Crippen LogP contribution in [0.3, 0.4) is 0 Å². The summed E-state index contributed by atoms with van der Waals surface area (Å²) in [5, 5.41) is 7.99. The van der Waals surface area contributed by atoms with Crippen molar-refractivity contribution in [3.05, 3.63) is 37.5 Å². The summed E-state index contributed by atoms with van der Waals surface area (Å²) in [6.07, 6.45) is 6.73. The molecule has 0 heterocycles. The summed E-state index contributed by atoms with van der Waals surface area (Å²) in [6.45, 7) is 8.52. The first-order valence-corrected chi connectivity index (χ1v) is 3.25. The van der Waals surface area contributed by atoms with Crippen LogP contribution in [0.1, 0.15) is 13.3 Å². The van der Waals surface area contributed by atoms with Crippen molar-refractivity contribution < 1.29 is 9.90 Å². The summed E-state index contributed by atoms with van der Waals surface area (Å²) >= 11 is 0. The van der Waals surface area contributed by atoms with E-state index in [1.165, 1.54) is 0 Å². The molecular formula is C9H14O2. The molecule has 0 radical (unpaired) electrons. The van der Waals surface area contributed by atoms with Crippen molar-refractivity contribution in [2.45, 2.75) is 13.3 Å². The number of carboxylic acid groups (broad SMARTS) is 1. The molecule has 2 nitrogen and oxygen atoms in total. The number of allylic oxidation sites excluding steroid dienone is 3. The average Bonchev–Trinajstić information content (AvgIpc) is 2.01. The summed E-state index contributed by atoms with van der Waals surface area (Å²) in [4.78, 5) is 9.71. The van der Waals surface area contributed by atoms with Gasteiger partial charge < -0.3 is 5.11 Å². The van der Waals surface area contributed by atoms with Gasteiger partial charge in [0, 0.05) is 0 Å². The third kappa shape index (κ3) is 28.6. The second-order valence-electron chi connectivity index (χ2n) is 1.64. The Morgan fingerprint density at radius 1 is 1.45 bits per heavy atom. The summed E-state index contributed by atoms with van der Waals surface area (Å²) < 4.78 is 0. The van der Waals surface area contributed by atoms with E-state index in [0.29, 0.717) is 0 Å². The summed E-state index contributed by atoms with van der Waals surface area (Å²) in [6, 6.07) is 0. The second kappa shape index (κ2) is 11.5.